The maximum atomic E-state index is 12.7. The number of hydrogen-bond donors (Lipinski definition) is 5. The molecule has 1 saturated heterocycles. The molecule has 6 N–H and O–H groups in total. The molecular formula is C23H35BF3N3O4. The van der Waals surface area contributed by atoms with E-state index in [1.165, 1.54) is 12.1 Å². The molecule has 1 heterocycles. The second-order valence-corrected chi connectivity index (χ2v) is 9.82. The fraction of sp³-hybridized carbons (Fsp3) is 0.696. The second kappa shape index (κ2) is 11.3. The molecule has 2 fully saturated rings. The molecule has 11 heteroatoms. The van der Waals surface area contributed by atoms with E-state index in [0.717, 1.165) is 50.3 Å². The molecule has 34 heavy (non-hydrogen) atoms. The van der Waals surface area contributed by atoms with Crippen LogP contribution >= 0.6 is 0 Å². The standard InChI is InChI=1S/C23H35BF3N3O4/c25-23(26,27)17-3-5-20(6-4-17)30-11-7-16(8-12-30)15-29-19-13-18(14-19)22(28,21(31)32)9-1-2-10-24(33)34/h3-6,16,18-19,29,33-34H,1-2,7-15,28H2,(H,31,32)/t18?,19?,22-/m0/s1. The Labute approximate surface area is 198 Å². The summed E-state index contributed by atoms with van der Waals surface area (Å²) in [6.45, 7) is 2.41. The molecule has 0 amide bonds. The lowest BCUT2D eigenvalue weighted by Gasteiger charge is -2.45. The monoisotopic (exact) mass is 485 g/mol. The summed E-state index contributed by atoms with van der Waals surface area (Å²) in [5, 5.41) is 31.1. The highest BCUT2D eigenvalue weighted by Crippen LogP contribution is 2.39. The molecule has 1 aliphatic carbocycles. The van der Waals surface area contributed by atoms with Crippen molar-refractivity contribution in [3.8, 4) is 0 Å². The zero-order valence-electron chi connectivity index (χ0n) is 19.3. The largest absolute Gasteiger partial charge is 0.480 e. The topological polar surface area (TPSA) is 119 Å². The fourth-order valence-electron chi connectivity index (χ4n) is 5.03. The van der Waals surface area contributed by atoms with Crippen LogP contribution in [0.5, 0.6) is 0 Å². The first-order valence-electron chi connectivity index (χ1n) is 12.0. The van der Waals surface area contributed by atoms with Crippen LogP contribution in [0.25, 0.3) is 0 Å². The minimum Gasteiger partial charge on any atom is -0.480 e. The van der Waals surface area contributed by atoms with E-state index in [1.54, 1.807) is 0 Å². The number of piperidine rings is 1. The van der Waals surface area contributed by atoms with Gasteiger partial charge in [-0.15, -0.1) is 0 Å². The Bertz CT molecular complexity index is 798. The van der Waals surface area contributed by atoms with Crippen molar-refractivity contribution in [2.45, 2.75) is 69.0 Å². The number of carbonyl (C=O) groups is 1. The van der Waals surface area contributed by atoms with Gasteiger partial charge in [-0.25, -0.2) is 0 Å². The molecule has 7 nitrogen and oxygen atoms in total. The Morgan fingerprint density at radius 1 is 1.12 bits per heavy atom. The van der Waals surface area contributed by atoms with E-state index in [9.17, 15) is 23.1 Å². The highest BCUT2D eigenvalue weighted by Gasteiger charge is 2.48. The van der Waals surface area contributed by atoms with Gasteiger partial charge >= 0.3 is 19.3 Å². The first-order valence-corrected chi connectivity index (χ1v) is 12.0. The summed E-state index contributed by atoms with van der Waals surface area (Å²) in [5.74, 6) is -0.643. The summed E-state index contributed by atoms with van der Waals surface area (Å²) in [6, 6.07) is 5.55. The number of carboxylic acids is 1. The van der Waals surface area contributed by atoms with Crippen molar-refractivity contribution >= 4 is 18.8 Å². The number of nitrogens with zero attached hydrogens (tertiary/aromatic N) is 1. The second-order valence-electron chi connectivity index (χ2n) is 9.82. The molecule has 3 rings (SSSR count). The fourth-order valence-corrected chi connectivity index (χ4v) is 5.03. The van der Waals surface area contributed by atoms with Crippen molar-refractivity contribution in [3.05, 3.63) is 29.8 Å². The van der Waals surface area contributed by atoms with Crippen molar-refractivity contribution < 1.29 is 33.1 Å². The van der Waals surface area contributed by atoms with E-state index < -0.39 is 30.4 Å². The minimum atomic E-state index is -4.32. The lowest BCUT2D eigenvalue weighted by atomic mass is 9.66. The number of benzene rings is 1. The Morgan fingerprint density at radius 2 is 1.74 bits per heavy atom. The van der Waals surface area contributed by atoms with Crippen molar-refractivity contribution in [3.63, 3.8) is 0 Å². The third-order valence-corrected chi connectivity index (χ3v) is 7.44. The average Bonchev–Trinajstić information content (AvgIpc) is 2.75. The third kappa shape index (κ3) is 6.87. The normalized spacial score (nSPS) is 23.3. The van der Waals surface area contributed by atoms with Crippen molar-refractivity contribution in [1.29, 1.82) is 0 Å². The molecular weight excluding hydrogens is 450 g/mol. The Hall–Kier alpha value is -1.82. The first kappa shape index (κ1) is 26.8. The van der Waals surface area contributed by atoms with Crippen LogP contribution in [0.4, 0.5) is 18.9 Å². The van der Waals surface area contributed by atoms with Crippen LogP contribution in [0.1, 0.15) is 50.5 Å². The van der Waals surface area contributed by atoms with Crippen LogP contribution in [-0.4, -0.2) is 59.5 Å². The predicted octanol–water partition coefficient (Wildman–Crippen LogP) is 2.72. The zero-order valence-corrected chi connectivity index (χ0v) is 19.3. The smallest absolute Gasteiger partial charge is 0.451 e. The number of rotatable bonds is 11. The Morgan fingerprint density at radius 3 is 2.26 bits per heavy atom. The molecule has 0 radical (unpaired) electrons. The quantitative estimate of drug-likeness (QED) is 0.242. The molecule has 0 unspecified atom stereocenters. The summed E-state index contributed by atoms with van der Waals surface area (Å²) < 4.78 is 38.2. The van der Waals surface area contributed by atoms with Gasteiger partial charge in [-0.2, -0.15) is 13.2 Å². The number of nitrogens with two attached hydrogens (primary N) is 1. The summed E-state index contributed by atoms with van der Waals surface area (Å²) in [4.78, 5) is 13.9. The molecule has 2 aliphatic rings. The number of anilines is 1. The molecule has 1 aromatic rings. The lowest BCUT2D eigenvalue weighted by Crippen LogP contribution is -2.61. The highest BCUT2D eigenvalue weighted by atomic mass is 19.4. The highest BCUT2D eigenvalue weighted by molar-refractivity contribution is 6.40. The van der Waals surface area contributed by atoms with Crippen LogP contribution in [0, 0.1) is 11.8 Å². The van der Waals surface area contributed by atoms with Crippen LogP contribution in [-0.2, 0) is 11.0 Å². The van der Waals surface area contributed by atoms with Crippen molar-refractivity contribution in [2.24, 2.45) is 17.6 Å². The van der Waals surface area contributed by atoms with Crippen molar-refractivity contribution in [1.82, 2.24) is 5.32 Å². The number of alkyl halides is 3. The molecule has 1 saturated carbocycles. The molecule has 0 spiro atoms. The summed E-state index contributed by atoms with van der Waals surface area (Å²) in [6.07, 6.45) is 0.543. The number of hydrogen-bond acceptors (Lipinski definition) is 6. The maximum absolute atomic E-state index is 12.7. The predicted molar refractivity (Wildman–Crippen MR) is 124 cm³/mol. The number of halogens is 3. The van der Waals surface area contributed by atoms with E-state index in [4.69, 9.17) is 15.8 Å². The lowest BCUT2D eigenvalue weighted by molar-refractivity contribution is -0.148. The summed E-state index contributed by atoms with van der Waals surface area (Å²) >= 11 is 0. The van der Waals surface area contributed by atoms with Gasteiger partial charge in [0.2, 0.25) is 0 Å². The third-order valence-electron chi connectivity index (χ3n) is 7.44. The van der Waals surface area contributed by atoms with Gasteiger partial charge in [0.15, 0.2) is 0 Å². The van der Waals surface area contributed by atoms with Crippen LogP contribution in [0.2, 0.25) is 6.32 Å². The van der Waals surface area contributed by atoms with Gasteiger partial charge in [-0.05, 0) is 81.1 Å². The Kier molecular flexibility index (Phi) is 8.89. The summed E-state index contributed by atoms with van der Waals surface area (Å²) in [7, 11) is -1.38. The number of nitrogens with one attached hydrogen (secondary N) is 1. The molecule has 1 aliphatic heterocycles. The van der Waals surface area contributed by atoms with Gasteiger partial charge in [-0.3, -0.25) is 4.79 Å². The number of carboxylic acid groups (broad SMARTS) is 1. The first-order chi connectivity index (χ1) is 16.0. The molecule has 1 aromatic carbocycles. The van der Waals surface area contributed by atoms with Gasteiger partial charge in [-0.1, -0.05) is 12.8 Å². The Balaban J connectivity index is 1.37. The van der Waals surface area contributed by atoms with E-state index in [1.807, 2.05) is 0 Å². The molecule has 190 valence electrons. The van der Waals surface area contributed by atoms with Gasteiger partial charge in [0.25, 0.3) is 0 Å². The van der Waals surface area contributed by atoms with Crippen LogP contribution in [0.15, 0.2) is 24.3 Å². The van der Waals surface area contributed by atoms with Crippen LogP contribution in [0.3, 0.4) is 0 Å². The zero-order chi connectivity index (χ0) is 24.9. The van der Waals surface area contributed by atoms with Gasteiger partial charge in [0.1, 0.15) is 5.54 Å². The minimum absolute atomic E-state index is 0.108. The van der Waals surface area contributed by atoms with E-state index in [-0.39, 0.29) is 18.3 Å². The van der Waals surface area contributed by atoms with Gasteiger partial charge < -0.3 is 31.1 Å². The van der Waals surface area contributed by atoms with E-state index >= 15 is 0 Å². The molecule has 0 aromatic heterocycles. The molecule has 1 atom stereocenters. The van der Waals surface area contributed by atoms with Crippen molar-refractivity contribution in [2.75, 3.05) is 24.5 Å². The average molecular weight is 485 g/mol. The number of unbranched alkanes of at least 4 members (excludes halogenated alkanes) is 1. The summed E-state index contributed by atoms with van der Waals surface area (Å²) in [5.41, 5.74) is 5.13. The van der Waals surface area contributed by atoms with E-state index in [2.05, 4.69) is 10.2 Å². The maximum Gasteiger partial charge on any atom is 0.451 e. The molecule has 0 bridgehead atoms. The SMILES string of the molecule is N[C@](CCCCB(O)O)(C(=O)O)C1CC(NCC2CCN(c3ccc(C(F)(F)F)cc3)CC2)C1. The number of aliphatic carboxylic acids is 1. The van der Waals surface area contributed by atoms with Crippen LogP contribution < -0.4 is 16.0 Å². The van der Waals surface area contributed by atoms with E-state index in [0.29, 0.717) is 38.0 Å². The van der Waals surface area contributed by atoms with Gasteiger partial charge in [0, 0.05) is 24.8 Å². The van der Waals surface area contributed by atoms with Gasteiger partial charge in [0.05, 0.1) is 5.56 Å².